The lowest BCUT2D eigenvalue weighted by Gasteiger charge is -2.11. The maximum Gasteiger partial charge on any atom is 0.326 e. The summed E-state index contributed by atoms with van der Waals surface area (Å²) in [7, 11) is 0. The van der Waals surface area contributed by atoms with Gasteiger partial charge in [-0.2, -0.15) is 5.10 Å². The summed E-state index contributed by atoms with van der Waals surface area (Å²) in [6, 6.07) is 0.405. The zero-order valence-corrected chi connectivity index (χ0v) is 8.73. The number of hydrogen-bond acceptors (Lipinski definition) is 4. The number of carbonyl (C=O) groups excluding carboxylic acids is 1. The Morgan fingerprint density at radius 2 is 2.31 bits per heavy atom. The molecule has 4 N–H and O–H groups in total. The molecule has 0 aliphatic carbocycles. The Balaban J connectivity index is 2.65. The van der Waals surface area contributed by atoms with Crippen LogP contribution in [0.4, 0.5) is 0 Å². The smallest absolute Gasteiger partial charge is 0.326 e. The van der Waals surface area contributed by atoms with E-state index >= 15 is 0 Å². The lowest BCUT2D eigenvalue weighted by Crippen LogP contribution is -2.41. The van der Waals surface area contributed by atoms with E-state index in [2.05, 4.69) is 15.5 Å². The second kappa shape index (κ2) is 5.26. The molecule has 7 heteroatoms. The minimum Gasteiger partial charge on any atom is -0.480 e. The zero-order chi connectivity index (χ0) is 12.1. The third kappa shape index (κ3) is 3.06. The van der Waals surface area contributed by atoms with Gasteiger partial charge in [0, 0.05) is 18.7 Å². The fourth-order valence-corrected chi connectivity index (χ4v) is 1.15. The van der Waals surface area contributed by atoms with Crippen LogP contribution in [-0.2, 0) is 4.79 Å². The molecule has 0 aromatic carbocycles. The van der Waals surface area contributed by atoms with Gasteiger partial charge in [0.15, 0.2) is 0 Å². The Kier molecular flexibility index (Phi) is 4.01. The molecule has 1 aromatic rings. The molecule has 16 heavy (non-hydrogen) atoms. The molecule has 1 atom stereocenters. The Bertz CT molecular complexity index is 388. The summed E-state index contributed by atoms with van der Waals surface area (Å²) in [5.41, 5.74) is 0.834. The molecule has 0 radical (unpaired) electrons. The van der Waals surface area contributed by atoms with Crippen molar-refractivity contribution < 1.29 is 19.8 Å². The normalized spacial score (nSPS) is 12.1. The number of carboxylic acid groups (broad SMARTS) is 1. The standard InChI is InChI=1S/C9H13N3O4/c1-5-4-7(12-11-5)8(14)10-6(2-3-13)9(15)16/h4,6,13H,2-3H2,1H3,(H,10,14)(H,11,12)(H,15,16). The second-order valence-corrected chi connectivity index (χ2v) is 3.31. The number of amides is 1. The number of H-pyrrole nitrogens is 1. The van der Waals surface area contributed by atoms with Gasteiger partial charge in [0.2, 0.25) is 0 Å². The number of nitrogens with one attached hydrogen (secondary N) is 2. The van der Waals surface area contributed by atoms with E-state index in [4.69, 9.17) is 10.2 Å². The van der Waals surface area contributed by atoms with Gasteiger partial charge in [-0.3, -0.25) is 9.89 Å². The summed E-state index contributed by atoms with van der Waals surface area (Å²) in [6.45, 7) is 1.42. The Labute approximate surface area is 91.5 Å². The van der Waals surface area contributed by atoms with Gasteiger partial charge in [0.25, 0.3) is 5.91 Å². The van der Waals surface area contributed by atoms with E-state index in [9.17, 15) is 9.59 Å². The van der Waals surface area contributed by atoms with Crippen LogP contribution in [0.2, 0.25) is 0 Å². The van der Waals surface area contributed by atoms with Crippen LogP contribution in [0.5, 0.6) is 0 Å². The van der Waals surface area contributed by atoms with Gasteiger partial charge >= 0.3 is 5.97 Å². The van der Waals surface area contributed by atoms with E-state index in [1.807, 2.05) is 0 Å². The number of aliphatic carboxylic acids is 1. The topological polar surface area (TPSA) is 115 Å². The molecule has 1 amide bonds. The first-order valence-electron chi connectivity index (χ1n) is 4.71. The summed E-state index contributed by atoms with van der Waals surface area (Å²) in [5.74, 6) is -1.76. The van der Waals surface area contributed by atoms with Crippen molar-refractivity contribution in [2.24, 2.45) is 0 Å². The van der Waals surface area contributed by atoms with Crippen LogP contribution in [0.1, 0.15) is 22.6 Å². The Morgan fingerprint density at radius 3 is 2.75 bits per heavy atom. The summed E-state index contributed by atoms with van der Waals surface area (Å²) in [6.07, 6.45) is -0.0372. The quantitative estimate of drug-likeness (QED) is 0.530. The van der Waals surface area contributed by atoms with Crippen LogP contribution in [-0.4, -0.2) is 44.9 Å². The molecule has 0 saturated heterocycles. The Hall–Kier alpha value is -1.89. The van der Waals surface area contributed by atoms with Crippen LogP contribution < -0.4 is 5.32 Å². The monoisotopic (exact) mass is 227 g/mol. The van der Waals surface area contributed by atoms with Crippen molar-refractivity contribution >= 4 is 11.9 Å². The third-order valence-electron chi connectivity index (χ3n) is 1.96. The predicted octanol–water partition coefficient (Wildman–Crippen LogP) is -0.716. The number of nitrogens with zero attached hydrogens (tertiary/aromatic N) is 1. The van der Waals surface area contributed by atoms with Crippen molar-refractivity contribution in [3.63, 3.8) is 0 Å². The minimum absolute atomic E-state index is 0.0372. The van der Waals surface area contributed by atoms with E-state index in [0.717, 1.165) is 0 Å². The molecule has 0 fully saturated rings. The summed E-state index contributed by atoms with van der Waals surface area (Å²) < 4.78 is 0. The molecule has 7 nitrogen and oxygen atoms in total. The minimum atomic E-state index is -1.19. The molecular formula is C9H13N3O4. The van der Waals surface area contributed by atoms with Crippen molar-refractivity contribution in [3.05, 3.63) is 17.5 Å². The van der Waals surface area contributed by atoms with Crippen molar-refractivity contribution in [2.45, 2.75) is 19.4 Å². The SMILES string of the molecule is Cc1cc(C(=O)NC(CCO)C(=O)O)n[nH]1. The van der Waals surface area contributed by atoms with Crippen LogP contribution >= 0.6 is 0 Å². The van der Waals surface area contributed by atoms with Crippen LogP contribution in [0, 0.1) is 6.92 Å². The maximum atomic E-state index is 11.5. The first kappa shape index (κ1) is 12.2. The van der Waals surface area contributed by atoms with Gasteiger partial charge in [0.1, 0.15) is 11.7 Å². The summed E-state index contributed by atoms with van der Waals surface area (Å²) in [5, 5.41) is 25.9. The summed E-state index contributed by atoms with van der Waals surface area (Å²) >= 11 is 0. The fourth-order valence-electron chi connectivity index (χ4n) is 1.15. The molecule has 88 valence electrons. The highest BCUT2D eigenvalue weighted by Crippen LogP contribution is 1.99. The number of aryl methyl sites for hydroxylation is 1. The van der Waals surface area contributed by atoms with Crippen molar-refractivity contribution in [3.8, 4) is 0 Å². The van der Waals surface area contributed by atoms with E-state index in [1.54, 1.807) is 6.92 Å². The molecule has 1 unspecified atom stereocenters. The van der Waals surface area contributed by atoms with Crippen molar-refractivity contribution in [2.75, 3.05) is 6.61 Å². The maximum absolute atomic E-state index is 11.5. The van der Waals surface area contributed by atoms with Crippen molar-refractivity contribution in [1.82, 2.24) is 15.5 Å². The average Bonchev–Trinajstić information content (AvgIpc) is 2.64. The lowest BCUT2D eigenvalue weighted by atomic mass is 10.2. The number of carbonyl (C=O) groups is 2. The molecule has 0 aliphatic heterocycles. The fraction of sp³-hybridized carbons (Fsp3) is 0.444. The lowest BCUT2D eigenvalue weighted by molar-refractivity contribution is -0.139. The van der Waals surface area contributed by atoms with Crippen LogP contribution in [0.15, 0.2) is 6.07 Å². The van der Waals surface area contributed by atoms with Gasteiger partial charge in [-0.05, 0) is 13.0 Å². The Morgan fingerprint density at radius 1 is 1.62 bits per heavy atom. The number of hydrogen-bond donors (Lipinski definition) is 4. The highest BCUT2D eigenvalue weighted by Gasteiger charge is 2.20. The van der Waals surface area contributed by atoms with Gasteiger partial charge in [-0.15, -0.1) is 0 Å². The molecule has 1 heterocycles. The number of rotatable bonds is 5. The van der Waals surface area contributed by atoms with Crippen molar-refractivity contribution in [1.29, 1.82) is 0 Å². The number of aromatic nitrogens is 2. The third-order valence-corrected chi connectivity index (χ3v) is 1.96. The molecule has 0 spiro atoms. The summed E-state index contributed by atoms with van der Waals surface area (Å²) in [4.78, 5) is 22.2. The van der Waals surface area contributed by atoms with Gasteiger partial charge in [-0.1, -0.05) is 0 Å². The number of carboxylic acids is 1. The highest BCUT2D eigenvalue weighted by molar-refractivity contribution is 5.94. The van der Waals surface area contributed by atoms with E-state index in [0.29, 0.717) is 5.69 Å². The molecule has 1 aromatic heterocycles. The number of aromatic amines is 1. The van der Waals surface area contributed by atoms with E-state index in [-0.39, 0.29) is 18.7 Å². The zero-order valence-electron chi connectivity index (χ0n) is 8.73. The van der Waals surface area contributed by atoms with E-state index < -0.39 is 17.9 Å². The van der Waals surface area contributed by atoms with Gasteiger partial charge in [0.05, 0.1) is 0 Å². The first-order valence-corrected chi connectivity index (χ1v) is 4.71. The molecule has 0 aliphatic rings. The highest BCUT2D eigenvalue weighted by atomic mass is 16.4. The van der Waals surface area contributed by atoms with Gasteiger partial charge < -0.3 is 15.5 Å². The largest absolute Gasteiger partial charge is 0.480 e. The molecule has 0 saturated carbocycles. The van der Waals surface area contributed by atoms with Crippen LogP contribution in [0.25, 0.3) is 0 Å². The average molecular weight is 227 g/mol. The molecule has 0 bridgehead atoms. The van der Waals surface area contributed by atoms with Crippen LogP contribution in [0.3, 0.4) is 0 Å². The second-order valence-electron chi connectivity index (χ2n) is 3.31. The molecule has 1 rings (SSSR count). The number of aliphatic hydroxyl groups excluding tert-OH is 1. The van der Waals surface area contributed by atoms with Gasteiger partial charge in [-0.25, -0.2) is 4.79 Å². The van der Waals surface area contributed by atoms with E-state index in [1.165, 1.54) is 6.07 Å². The first-order chi connectivity index (χ1) is 7.54. The predicted molar refractivity (Wildman–Crippen MR) is 53.9 cm³/mol. The number of aliphatic hydroxyl groups is 1. The molecular weight excluding hydrogens is 214 g/mol.